The molecule has 0 aliphatic rings. The quantitative estimate of drug-likeness (QED) is 0.715. The summed E-state index contributed by atoms with van der Waals surface area (Å²) in [4.78, 5) is 14.0. The summed E-state index contributed by atoms with van der Waals surface area (Å²) < 4.78 is 0. The van der Waals surface area contributed by atoms with Crippen LogP contribution in [0.1, 0.15) is 19.4 Å². The minimum Gasteiger partial charge on any atom is -0.399 e. The second kappa shape index (κ2) is 7.71. The lowest BCUT2D eigenvalue weighted by Crippen LogP contribution is -2.35. The van der Waals surface area contributed by atoms with Crippen molar-refractivity contribution >= 4 is 11.6 Å². The summed E-state index contributed by atoms with van der Waals surface area (Å²) in [6, 6.07) is 7.41. The molecular formula is C14H23N3O. The number of hydrogen-bond acceptors (Lipinski definition) is 3. The van der Waals surface area contributed by atoms with Gasteiger partial charge < -0.3 is 16.0 Å². The van der Waals surface area contributed by atoms with Crippen molar-refractivity contribution in [3.05, 3.63) is 29.8 Å². The monoisotopic (exact) mass is 249 g/mol. The lowest BCUT2D eigenvalue weighted by molar-refractivity contribution is -0.120. The van der Waals surface area contributed by atoms with Crippen molar-refractivity contribution in [3.8, 4) is 0 Å². The Labute approximate surface area is 109 Å². The van der Waals surface area contributed by atoms with Crippen LogP contribution in [0.5, 0.6) is 0 Å². The zero-order chi connectivity index (χ0) is 13.4. The summed E-state index contributed by atoms with van der Waals surface area (Å²) in [6.45, 7) is 7.89. The Kier molecular flexibility index (Phi) is 6.22. The van der Waals surface area contributed by atoms with E-state index in [0.717, 1.165) is 30.9 Å². The molecule has 18 heavy (non-hydrogen) atoms. The maximum Gasteiger partial charge on any atom is 0.224 e. The number of amides is 1. The number of likely N-dealkylation sites (N-methyl/N-ethyl adjacent to an activating group) is 1. The van der Waals surface area contributed by atoms with E-state index in [-0.39, 0.29) is 5.91 Å². The van der Waals surface area contributed by atoms with Crippen molar-refractivity contribution in [2.45, 2.75) is 20.3 Å². The van der Waals surface area contributed by atoms with Gasteiger partial charge in [0.15, 0.2) is 0 Å². The fourth-order valence-electron chi connectivity index (χ4n) is 1.78. The third-order valence-electron chi connectivity index (χ3n) is 2.99. The Morgan fingerprint density at radius 3 is 2.39 bits per heavy atom. The smallest absolute Gasteiger partial charge is 0.224 e. The van der Waals surface area contributed by atoms with Gasteiger partial charge in [0, 0.05) is 18.8 Å². The zero-order valence-corrected chi connectivity index (χ0v) is 11.3. The van der Waals surface area contributed by atoms with Crippen LogP contribution in [0.3, 0.4) is 0 Å². The Bertz CT molecular complexity index is 358. The van der Waals surface area contributed by atoms with Crippen LogP contribution in [0.15, 0.2) is 24.3 Å². The van der Waals surface area contributed by atoms with Crippen LogP contribution in [0.4, 0.5) is 5.69 Å². The highest BCUT2D eigenvalue weighted by molar-refractivity contribution is 5.78. The second-order valence-electron chi connectivity index (χ2n) is 4.30. The molecule has 3 N–H and O–H groups in total. The molecule has 0 aliphatic carbocycles. The Morgan fingerprint density at radius 2 is 1.83 bits per heavy atom. The van der Waals surface area contributed by atoms with E-state index in [9.17, 15) is 4.79 Å². The summed E-state index contributed by atoms with van der Waals surface area (Å²) in [5.41, 5.74) is 7.31. The standard InChI is InChI=1S/C14H23N3O/c1-3-17(4-2)10-9-16-14(18)11-12-5-7-13(15)8-6-12/h5-8H,3-4,9-11,15H2,1-2H3,(H,16,18). The lowest BCUT2D eigenvalue weighted by atomic mass is 10.1. The van der Waals surface area contributed by atoms with Gasteiger partial charge in [-0.1, -0.05) is 26.0 Å². The Morgan fingerprint density at radius 1 is 1.22 bits per heavy atom. The van der Waals surface area contributed by atoms with E-state index in [1.165, 1.54) is 0 Å². The van der Waals surface area contributed by atoms with E-state index < -0.39 is 0 Å². The number of nitrogens with two attached hydrogens (primary N) is 1. The predicted molar refractivity (Wildman–Crippen MR) is 75.4 cm³/mol. The van der Waals surface area contributed by atoms with Gasteiger partial charge in [-0.3, -0.25) is 4.79 Å². The van der Waals surface area contributed by atoms with Crippen molar-refractivity contribution in [3.63, 3.8) is 0 Å². The molecule has 100 valence electrons. The van der Waals surface area contributed by atoms with E-state index >= 15 is 0 Å². The molecule has 4 heteroatoms. The number of carbonyl (C=O) groups excluding carboxylic acids is 1. The van der Waals surface area contributed by atoms with Crippen LogP contribution in [0.25, 0.3) is 0 Å². The number of benzene rings is 1. The van der Waals surface area contributed by atoms with Gasteiger partial charge in [0.1, 0.15) is 0 Å². The number of carbonyl (C=O) groups is 1. The van der Waals surface area contributed by atoms with Gasteiger partial charge in [-0.05, 0) is 30.8 Å². The lowest BCUT2D eigenvalue weighted by Gasteiger charge is -2.17. The van der Waals surface area contributed by atoms with Crippen molar-refractivity contribution in [2.75, 3.05) is 31.9 Å². The van der Waals surface area contributed by atoms with Crippen LogP contribution in [-0.2, 0) is 11.2 Å². The fraction of sp³-hybridized carbons (Fsp3) is 0.500. The van der Waals surface area contributed by atoms with E-state index in [1.54, 1.807) is 0 Å². The van der Waals surface area contributed by atoms with E-state index in [4.69, 9.17) is 5.73 Å². The highest BCUT2D eigenvalue weighted by Crippen LogP contribution is 2.05. The van der Waals surface area contributed by atoms with Gasteiger partial charge in [0.25, 0.3) is 0 Å². The van der Waals surface area contributed by atoms with Gasteiger partial charge >= 0.3 is 0 Å². The van der Waals surface area contributed by atoms with Crippen molar-refractivity contribution in [1.82, 2.24) is 10.2 Å². The van der Waals surface area contributed by atoms with Crippen LogP contribution in [-0.4, -0.2) is 37.0 Å². The van der Waals surface area contributed by atoms with E-state index in [2.05, 4.69) is 24.1 Å². The van der Waals surface area contributed by atoms with E-state index in [1.807, 2.05) is 24.3 Å². The third-order valence-corrected chi connectivity index (χ3v) is 2.99. The first-order valence-corrected chi connectivity index (χ1v) is 6.49. The molecule has 0 saturated heterocycles. The summed E-state index contributed by atoms with van der Waals surface area (Å²) >= 11 is 0. The van der Waals surface area contributed by atoms with Crippen LogP contribution >= 0.6 is 0 Å². The molecule has 0 spiro atoms. The molecule has 0 radical (unpaired) electrons. The average Bonchev–Trinajstić information content (AvgIpc) is 2.37. The topological polar surface area (TPSA) is 58.4 Å². The van der Waals surface area contributed by atoms with Crippen LogP contribution in [0.2, 0.25) is 0 Å². The maximum atomic E-state index is 11.7. The molecule has 0 bridgehead atoms. The molecule has 0 fully saturated rings. The molecule has 1 aromatic carbocycles. The first kappa shape index (κ1) is 14.5. The van der Waals surface area contributed by atoms with Crippen molar-refractivity contribution in [2.24, 2.45) is 0 Å². The molecule has 0 aromatic heterocycles. The van der Waals surface area contributed by atoms with Crippen molar-refractivity contribution in [1.29, 1.82) is 0 Å². The summed E-state index contributed by atoms with van der Waals surface area (Å²) in [5.74, 6) is 0.0620. The van der Waals surface area contributed by atoms with Crippen LogP contribution in [0, 0.1) is 0 Å². The van der Waals surface area contributed by atoms with Gasteiger partial charge in [0.05, 0.1) is 6.42 Å². The van der Waals surface area contributed by atoms with E-state index in [0.29, 0.717) is 13.0 Å². The molecule has 0 saturated carbocycles. The maximum absolute atomic E-state index is 11.7. The molecule has 0 unspecified atom stereocenters. The first-order chi connectivity index (χ1) is 8.65. The third kappa shape index (κ3) is 5.19. The molecule has 0 heterocycles. The number of anilines is 1. The zero-order valence-electron chi connectivity index (χ0n) is 11.3. The molecule has 1 rings (SSSR count). The molecule has 1 aromatic rings. The SMILES string of the molecule is CCN(CC)CCNC(=O)Cc1ccc(N)cc1. The fourth-order valence-corrected chi connectivity index (χ4v) is 1.78. The second-order valence-corrected chi connectivity index (χ2v) is 4.30. The Hall–Kier alpha value is -1.55. The number of nitrogens with zero attached hydrogens (tertiary/aromatic N) is 1. The molecule has 0 atom stereocenters. The van der Waals surface area contributed by atoms with Gasteiger partial charge in [-0.2, -0.15) is 0 Å². The number of rotatable bonds is 7. The Balaban J connectivity index is 2.27. The van der Waals surface area contributed by atoms with Gasteiger partial charge in [-0.25, -0.2) is 0 Å². The molecule has 0 aliphatic heterocycles. The van der Waals surface area contributed by atoms with Crippen molar-refractivity contribution < 1.29 is 4.79 Å². The molecule has 1 amide bonds. The summed E-state index contributed by atoms with van der Waals surface area (Å²) in [6.07, 6.45) is 0.415. The average molecular weight is 249 g/mol. The number of hydrogen-bond donors (Lipinski definition) is 2. The highest BCUT2D eigenvalue weighted by atomic mass is 16.1. The highest BCUT2D eigenvalue weighted by Gasteiger charge is 2.04. The number of nitrogen functional groups attached to an aromatic ring is 1. The van der Waals surface area contributed by atoms with Gasteiger partial charge in [0.2, 0.25) is 5.91 Å². The van der Waals surface area contributed by atoms with Crippen LogP contribution < -0.4 is 11.1 Å². The molecular weight excluding hydrogens is 226 g/mol. The summed E-state index contributed by atoms with van der Waals surface area (Å²) in [5, 5.41) is 2.93. The van der Waals surface area contributed by atoms with Gasteiger partial charge in [-0.15, -0.1) is 0 Å². The minimum absolute atomic E-state index is 0.0620. The minimum atomic E-state index is 0.0620. The predicted octanol–water partition coefficient (Wildman–Crippen LogP) is 1.27. The normalized spacial score (nSPS) is 10.6. The number of nitrogens with one attached hydrogen (secondary N) is 1. The summed E-state index contributed by atoms with van der Waals surface area (Å²) in [7, 11) is 0. The molecule has 4 nitrogen and oxygen atoms in total. The first-order valence-electron chi connectivity index (χ1n) is 6.49. The largest absolute Gasteiger partial charge is 0.399 e.